The first-order chi connectivity index (χ1) is 10.1. The standard InChI is InChI=1S/C15H24N4O2/c1-3-9-16-13-5-4-6-14(15(13)19(20)21)17-12-7-10-18(2)11-8-12/h4-6,12,16-17H,3,7-11H2,1-2H3. The molecule has 1 fully saturated rings. The van der Waals surface area contributed by atoms with Gasteiger partial charge < -0.3 is 15.5 Å². The third-order valence-corrected chi connectivity index (χ3v) is 3.86. The molecule has 1 aromatic rings. The summed E-state index contributed by atoms with van der Waals surface area (Å²) in [4.78, 5) is 13.4. The molecule has 6 nitrogen and oxygen atoms in total. The van der Waals surface area contributed by atoms with E-state index in [1.54, 1.807) is 12.1 Å². The summed E-state index contributed by atoms with van der Waals surface area (Å²) in [5.74, 6) is 0. The van der Waals surface area contributed by atoms with Gasteiger partial charge in [-0.2, -0.15) is 0 Å². The lowest BCUT2D eigenvalue weighted by atomic mass is 10.0. The van der Waals surface area contributed by atoms with Crippen molar-refractivity contribution in [1.82, 2.24) is 4.90 Å². The highest BCUT2D eigenvalue weighted by Crippen LogP contribution is 2.34. The summed E-state index contributed by atoms with van der Waals surface area (Å²) in [5, 5.41) is 17.9. The van der Waals surface area contributed by atoms with Gasteiger partial charge in [-0.05, 0) is 51.5 Å². The Morgan fingerprint density at radius 2 is 2.00 bits per heavy atom. The van der Waals surface area contributed by atoms with E-state index in [1.807, 2.05) is 13.0 Å². The van der Waals surface area contributed by atoms with Crippen molar-refractivity contribution in [1.29, 1.82) is 0 Å². The molecular weight excluding hydrogens is 268 g/mol. The molecule has 0 aliphatic carbocycles. The van der Waals surface area contributed by atoms with Crippen LogP contribution in [0.3, 0.4) is 0 Å². The van der Waals surface area contributed by atoms with E-state index in [2.05, 4.69) is 22.6 Å². The van der Waals surface area contributed by atoms with E-state index in [4.69, 9.17) is 0 Å². The van der Waals surface area contributed by atoms with Gasteiger partial charge in [-0.3, -0.25) is 10.1 Å². The van der Waals surface area contributed by atoms with Crippen molar-refractivity contribution in [3.05, 3.63) is 28.3 Å². The van der Waals surface area contributed by atoms with Crippen LogP contribution < -0.4 is 10.6 Å². The van der Waals surface area contributed by atoms with Crippen LogP contribution in [0.1, 0.15) is 26.2 Å². The van der Waals surface area contributed by atoms with Gasteiger partial charge in [-0.25, -0.2) is 0 Å². The van der Waals surface area contributed by atoms with E-state index >= 15 is 0 Å². The number of anilines is 2. The first-order valence-corrected chi connectivity index (χ1v) is 7.58. The number of nitrogens with one attached hydrogen (secondary N) is 2. The Hall–Kier alpha value is -1.82. The molecule has 0 aromatic heterocycles. The number of nitro groups is 1. The molecule has 0 bridgehead atoms. The van der Waals surface area contributed by atoms with Crippen molar-refractivity contribution < 1.29 is 4.92 Å². The van der Waals surface area contributed by atoms with Crippen LogP contribution in [0.15, 0.2) is 18.2 Å². The van der Waals surface area contributed by atoms with E-state index in [0.717, 1.165) is 38.9 Å². The first-order valence-electron chi connectivity index (χ1n) is 7.58. The van der Waals surface area contributed by atoms with Crippen molar-refractivity contribution in [2.45, 2.75) is 32.2 Å². The average Bonchev–Trinajstić information content (AvgIpc) is 2.47. The molecule has 0 amide bonds. The lowest BCUT2D eigenvalue weighted by Gasteiger charge is -2.30. The van der Waals surface area contributed by atoms with Crippen LogP contribution in [0.25, 0.3) is 0 Å². The molecule has 1 heterocycles. The molecule has 116 valence electrons. The molecule has 2 N–H and O–H groups in total. The lowest BCUT2D eigenvalue weighted by Crippen LogP contribution is -2.36. The van der Waals surface area contributed by atoms with Crippen LogP contribution in [0.5, 0.6) is 0 Å². The van der Waals surface area contributed by atoms with Crippen molar-refractivity contribution >= 4 is 17.1 Å². The van der Waals surface area contributed by atoms with E-state index in [1.165, 1.54) is 0 Å². The molecule has 0 radical (unpaired) electrons. The maximum atomic E-state index is 11.4. The van der Waals surface area contributed by atoms with E-state index in [0.29, 0.717) is 17.4 Å². The lowest BCUT2D eigenvalue weighted by molar-refractivity contribution is -0.383. The molecule has 0 saturated carbocycles. The van der Waals surface area contributed by atoms with Crippen LogP contribution in [-0.2, 0) is 0 Å². The molecular formula is C15H24N4O2. The number of hydrogen-bond donors (Lipinski definition) is 2. The SMILES string of the molecule is CCCNc1cccc(NC2CCN(C)CC2)c1[N+](=O)[O-]. The summed E-state index contributed by atoms with van der Waals surface area (Å²) in [7, 11) is 2.11. The zero-order valence-electron chi connectivity index (χ0n) is 12.8. The fourth-order valence-electron chi connectivity index (χ4n) is 2.63. The molecule has 0 unspecified atom stereocenters. The second kappa shape index (κ2) is 7.26. The summed E-state index contributed by atoms with van der Waals surface area (Å²) >= 11 is 0. The number of nitro benzene ring substituents is 1. The van der Waals surface area contributed by atoms with Gasteiger partial charge in [-0.1, -0.05) is 13.0 Å². The number of nitrogens with zero attached hydrogens (tertiary/aromatic N) is 2. The summed E-state index contributed by atoms with van der Waals surface area (Å²) in [6, 6.07) is 5.74. The van der Waals surface area contributed by atoms with Gasteiger partial charge in [0.05, 0.1) is 4.92 Å². The van der Waals surface area contributed by atoms with E-state index in [-0.39, 0.29) is 10.6 Å². The third kappa shape index (κ3) is 4.07. The van der Waals surface area contributed by atoms with Crippen molar-refractivity contribution in [3.63, 3.8) is 0 Å². The quantitative estimate of drug-likeness (QED) is 0.623. The molecule has 1 saturated heterocycles. The van der Waals surface area contributed by atoms with Gasteiger partial charge in [0.25, 0.3) is 0 Å². The largest absolute Gasteiger partial charge is 0.379 e. The molecule has 2 rings (SSSR count). The third-order valence-electron chi connectivity index (χ3n) is 3.86. The van der Waals surface area contributed by atoms with E-state index in [9.17, 15) is 10.1 Å². The Kier molecular flexibility index (Phi) is 5.38. The van der Waals surface area contributed by atoms with Gasteiger partial charge in [0, 0.05) is 12.6 Å². The maximum Gasteiger partial charge on any atom is 0.315 e. The zero-order chi connectivity index (χ0) is 15.2. The van der Waals surface area contributed by atoms with Crippen LogP contribution in [-0.4, -0.2) is 42.5 Å². The molecule has 0 atom stereocenters. The second-order valence-electron chi connectivity index (χ2n) is 5.61. The zero-order valence-corrected chi connectivity index (χ0v) is 12.8. The predicted octanol–water partition coefficient (Wildman–Crippen LogP) is 2.92. The van der Waals surface area contributed by atoms with Crippen LogP contribution in [0, 0.1) is 10.1 Å². The smallest absolute Gasteiger partial charge is 0.315 e. The number of piperidine rings is 1. The molecule has 21 heavy (non-hydrogen) atoms. The number of benzene rings is 1. The second-order valence-corrected chi connectivity index (χ2v) is 5.61. The molecule has 0 spiro atoms. The Labute approximate surface area is 125 Å². The summed E-state index contributed by atoms with van der Waals surface area (Å²) in [6.45, 7) is 4.83. The van der Waals surface area contributed by atoms with Gasteiger partial charge >= 0.3 is 5.69 Å². The minimum Gasteiger partial charge on any atom is -0.379 e. The van der Waals surface area contributed by atoms with Gasteiger partial charge in [0.1, 0.15) is 11.4 Å². The number of hydrogen-bond acceptors (Lipinski definition) is 5. The topological polar surface area (TPSA) is 70.4 Å². The monoisotopic (exact) mass is 292 g/mol. The Bertz CT molecular complexity index is 485. The minimum atomic E-state index is -0.296. The number of rotatable bonds is 6. The highest BCUT2D eigenvalue weighted by atomic mass is 16.6. The fourth-order valence-corrected chi connectivity index (χ4v) is 2.63. The first kappa shape index (κ1) is 15.6. The summed E-state index contributed by atoms with van der Waals surface area (Å²) in [6.07, 6.45) is 2.96. The normalized spacial score (nSPS) is 16.7. The fraction of sp³-hybridized carbons (Fsp3) is 0.600. The van der Waals surface area contributed by atoms with Crippen LogP contribution in [0.2, 0.25) is 0 Å². The summed E-state index contributed by atoms with van der Waals surface area (Å²) in [5.41, 5.74) is 1.38. The molecule has 1 aromatic carbocycles. The highest BCUT2D eigenvalue weighted by molar-refractivity contribution is 5.76. The van der Waals surface area contributed by atoms with Crippen LogP contribution in [0.4, 0.5) is 17.1 Å². The molecule has 6 heteroatoms. The average molecular weight is 292 g/mol. The Morgan fingerprint density at radius 3 is 2.62 bits per heavy atom. The van der Waals surface area contributed by atoms with E-state index < -0.39 is 0 Å². The molecule has 1 aliphatic rings. The number of likely N-dealkylation sites (tertiary alicyclic amines) is 1. The number of para-hydroxylation sites is 1. The van der Waals surface area contributed by atoms with Crippen molar-refractivity contribution in [2.24, 2.45) is 0 Å². The Balaban J connectivity index is 2.16. The summed E-state index contributed by atoms with van der Waals surface area (Å²) < 4.78 is 0. The highest BCUT2D eigenvalue weighted by Gasteiger charge is 2.23. The molecule has 1 aliphatic heterocycles. The minimum absolute atomic E-state index is 0.157. The van der Waals surface area contributed by atoms with Crippen molar-refractivity contribution in [3.8, 4) is 0 Å². The van der Waals surface area contributed by atoms with Gasteiger partial charge in [0.2, 0.25) is 0 Å². The van der Waals surface area contributed by atoms with Crippen molar-refractivity contribution in [2.75, 3.05) is 37.3 Å². The van der Waals surface area contributed by atoms with Gasteiger partial charge in [-0.15, -0.1) is 0 Å². The van der Waals surface area contributed by atoms with Crippen LogP contribution >= 0.6 is 0 Å². The maximum absolute atomic E-state index is 11.4. The van der Waals surface area contributed by atoms with Gasteiger partial charge in [0.15, 0.2) is 0 Å². The Morgan fingerprint density at radius 1 is 1.33 bits per heavy atom. The predicted molar refractivity (Wildman–Crippen MR) is 86.0 cm³/mol.